The van der Waals surface area contributed by atoms with E-state index in [-0.39, 0.29) is 31.9 Å². The van der Waals surface area contributed by atoms with E-state index in [1.807, 2.05) is 18.2 Å². The zero-order valence-electron chi connectivity index (χ0n) is 20.5. The Kier molecular flexibility index (Phi) is 10.3. The van der Waals surface area contributed by atoms with E-state index in [4.69, 9.17) is 23.7 Å². The van der Waals surface area contributed by atoms with Crippen LogP contribution < -0.4 is 10.2 Å². The second-order valence-corrected chi connectivity index (χ2v) is 8.88. The van der Waals surface area contributed by atoms with Crippen LogP contribution in [0, 0.1) is 0 Å². The first-order valence-corrected chi connectivity index (χ1v) is 12.3. The summed E-state index contributed by atoms with van der Waals surface area (Å²) in [5.74, 6) is -1.70. The van der Waals surface area contributed by atoms with Gasteiger partial charge in [0.15, 0.2) is 17.6 Å². The third kappa shape index (κ3) is 7.86. The van der Waals surface area contributed by atoms with Crippen molar-refractivity contribution in [1.82, 2.24) is 0 Å². The number of hydrogen-bond acceptors (Lipinski definition) is 10. The van der Waals surface area contributed by atoms with Crippen molar-refractivity contribution in [3.63, 3.8) is 0 Å². The minimum Gasteiger partial charge on any atom is -0.490 e. The molecule has 2 aromatic carbocycles. The van der Waals surface area contributed by atoms with Crippen LogP contribution in [0.3, 0.4) is 0 Å². The summed E-state index contributed by atoms with van der Waals surface area (Å²) in [7, 11) is 0. The summed E-state index contributed by atoms with van der Waals surface area (Å²) in [5, 5.41) is 1.14. The van der Waals surface area contributed by atoms with Crippen molar-refractivity contribution >= 4 is 49.4 Å². The first-order valence-electron chi connectivity index (χ1n) is 11.5. The Labute approximate surface area is 222 Å². The van der Waals surface area contributed by atoms with Gasteiger partial charge in [-0.25, -0.2) is 14.4 Å². The Bertz CT molecular complexity index is 1410. The van der Waals surface area contributed by atoms with Crippen LogP contribution in [-0.2, 0) is 33.3 Å². The fourth-order valence-corrected chi connectivity index (χ4v) is 4.34. The van der Waals surface area contributed by atoms with Gasteiger partial charge in [-0.1, -0.05) is 31.9 Å². The summed E-state index contributed by atoms with van der Waals surface area (Å²) in [6.07, 6.45) is 1.14. The smallest absolute Gasteiger partial charge is 0.330 e. The zero-order valence-corrected chi connectivity index (χ0v) is 21.3. The van der Waals surface area contributed by atoms with Crippen LogP contribution >= 0.6 is 11.3 Å². The molecular weight excluding hydrogens is 512 g/mol. The van der Waals surface area contributed by atoms with Crippen LogP contribution in [0.2, 0.25) is 0 Å². The molecule has 1 aromatic heterocycles. The molecule has 0 bridgehead atoms. The average molecular weight is 539 g/mol. The predicted octanol–water partition coefficient (Wildman–Crippen LogP) is 3.73. The molecule has 3 aromatic rings. The molecule has 9 nitrogen and oxygen atoms in total. The molecule has 0 saturated carbocycles. The highest BCUT2D eigenvalue weighted by molar-refractivity contribution is 7.24. The SMILES string of the molecule is C=CC(=O)OCC(COCC(COc1ccc2sc3ccccc3c(=O)c2c1)OC(=O)C=C)OC(=O)C=C. The molecule has 38 heavy (non-hydrogen) atoms. The Morgan fingerprint density at radius 2 is 1.37 bits per heavy atom. The number of hydrogen-bond donors (Lipinski definition) is 0. The number of benzene rings is 2. The number of esters is 3. The van der Waals surface area contributed by atoms with Gasteiger partial charge in [0.25, 0.3) is 0 Å². The van der Waals surface area contributed by atoms with Crippen molar-refractivity contribution < 1.29 is 38.1 Å². The molecule has 0 radical (unpaired) electrons. The summed E-state index contributed by atoms with van der Waals surface area (Å²) >= 11 is 1.50. The average Bonchev–Trinajstić information content (AvgIpc) is 2.94. The molecule has 0 aliphatic carbocycles. The standard InChI is InChI=1S/C28H26O9S/c1-4-25(29)35-17-20(37-27(31)6-3)15-33-14-19(36-26(30)5-2)16-34-18-11-12-24-22(13-18)28(32)21-9-7-8-10-23(21)38-24/h4-13,19-20H,1-3,14-17H2. The first kappa shape index (κ1) is 28.3. The fourth-order valence-electron chi connectivity index (χ4n) is 3.28. The van der Waals surface area contributed by atoms with Gasteiger partial charge in [-0.05, 0) is 30.3 Å². The summed E-state index contributed by atoms with van der Waals surface area (Å²) < 4.78 is 28.4. The lowest BCUT2D eigenvalue weighted by molar-refractivity contribution is -0.159. The maximum Gasteiger partial charge on any atom is 0.330 e. The Morgan fingerprint density at radius 1 is 0.763 bits per heavy atom. The largest absolute Gasteiger partial charge is 0.490 e. The van der Waals surface area contributed by atoms with E-state index in [9.17, 15) is 19.2 Å². The number of rotatable bonds is 14. The Hall–Kier alpha value is -4.28. The lowest BCUT2D eigenvalue weighted by Crippen LogP contribution is -2.33. The third-order valence-electron chi connectivity index (χ3n) is 5.07. The van der Waals surface area contributed by atoms with Gasteiger partial charge in [0.1, 0.15) is 19.0 Å². The van der Waals surface area contributed by atoms with E-state index in [0.29, 0.717) is 16.5 Å². The van der Waals surface area contributed by atoms with Gasteiger partial charge in [0.05, 0.1) is 13.2 Å². The minimum atomic E-state index is -0.937. The van der Waals surface area contributed by atoms with Crippen molar-refractivity contribution in [1.29, 1.82) is 0 Å². The van der Waals surface area contributed by atoms with Gasteiger partial charge >= 0.3 is 17.9 Å². The maximum absolute atomic E-state index is 13.0. The molecule has 0 aliphatic heterocycles. The van der Waals surface area contributed by atoms with Crippen LogP contribution in [0.25, 0.3) is 20.2 Å². The van der Waals surface area contributed by atoms with Gasteiger partial charge in [0, 0.05) is 38.4 Å². The highest BCUT2D eigenvalue weighted by Crippen LogP contribution is 2.27. The second kappa shape index (κ2) is 13.9. The van der Waals surface area contributed by atoms with Gasteiger partial charge in [0.2, 0.25) is 0 Å². The fraction of sp³-hybridized carbons (Fsp3) is 0.214. The number of fused-ring (bicyclic) bond motifs is 2. The van der Waals surface area contributed by atoms with E-state index in [0.717, 1.165) is 27.6 Å². The molecule has 0 spiro atoms. The molecule has 0 fully saturated rings. The molecule has 198 valence electrons. The topological polar surface area (TPSA) is 114 Å². The van der Waals surface area contributed by atoms with Crippen LogP contribution in [-0.4, -0.2) is 56.5 Å². The Morgan fingerprint density at radius 3 is 2.03 bits per heavy atom. The summed E-state index contributed by atoms with van der Waals surface area (Å²) in [5.41, 5.74) is -0.102. The normalized spacial score (nSPS) is 12.2. The zero-order chi connectivity index (χ0) is 27.5. The van der Waals surface area contributed by atoms with Crippen LogP contribution in [0.4, 0.5) is 0 Å². The van der Waals surface area contributed by atoms with E-state index in [1.54, 1.807) is 24.3 Å². The summed E-state index contributed by atoms with van der Waals surface area (Å²) in [6.45, 7) is 9.33. The maximum atomic E-state index is 13.0. The van der Waals surface area contributed by atoms with Crippen molar-refractivity contribution in [3.8, 4) is 5.75 Å². The van der Waals surface area contributed by atoms with Gasteiger partial charge in [-0.15, -0.1) is 11.3 Å². The van der Waals surface area contributed by atoms with Crippen LogP contribution in [0.1, 0.15) is 0 Å². The van der Waals surface area contributed by atoms with E-state index < -0.39 is 30.1 Å². The lowest BCUT2D eigenvalue weighted by atomic mass is 10.2. The molecule has 1 heterocycles. The molecule has 2 unspecified atom stereocenters. The minimum absolute atomic E-state index is 0.0984. The molecule has 10 heteroatoms. The summed E-state index contributed by atoms with van der Waals surface area (Å²) in [4.78, 5) is 47.7. The van der Waals surface area contributed by atoms with E-state index in [1.165, 1.54) is 11.3 Å². The molecule has 0 saturated heterocycles. The molecule has 3 rings (SSSR count). The van der Waals surface area contributed by atoms with Crippen molar-refractivity contribution in [2.45, 2.75) is 12.2 Å². The lowest BCUT2D eigenvalue weighted by Gasteiger charge is -2.21. The molecule has 0 N–H and O–H groups in total. The molecule has 0 aliphatic rings. The third-order valence-corrected chi connectivity index (χ3v) is 6.22. The van der Waals surface area contributed by atoms with Crippen molar-refractivity contribution in [2.75, 3.05) is 26.4 Å². The first-order chi connectivity index (χ1) is 18.3. The second-order valence-electron chi connectivity index (χ2n) is 7.79. The van der Waals surface area contributed by atoms with Gasteiger partial charge < -0.3 is 23.7 Å². The Balaban J connectivity index is 1.67. The summed E-state index contributed by atoms with van der Waals surface area (Å²) in [6, 6.07) is 12.5. The van der Waals surface area contributed by atoms with Crippen LogP contribution in [0.15, 0.2) is 85.2 Å². The predicted molar refractivity (Wildman–Crippen MR) is 143 cm³/mol. The van der Waals surface area contributed by atoms with Crippen molar-refractivity contribution in [2.24, 2.45) is 0 Å². The van der Waals surface area contributed by atoms with Crippen molar-refractivity contribution in [3.05, 3.63) is 90.7 Å². The molecular formula is C28H26O9S. The van der Waals surface area contributed by atoms with E-state index in [2.05, 4.69) is 19.7 Å². The van der Waals surface area contributed by atoms with Crippen LogP contribution in [0.5, 0.6) is 5.75 Å². The quantitative estimate of drug-likeness (QED) is 0.131. The van der Waals surface area contributed by atoms with Gasteiger partial charge in [-0.3, -0.25) is 4.79 Å². The highest BCUT2D eigenvalue weighted by atomic mass is 32.1. The number of carbonyl (C=O) groups is 3. The number of ether oxygens (including phenoxy) is 5. The molecule has 2 atom stereocenters. The monoisotopic (exact) mass is 538 g/mol. The number of carbonyl (C=O) groups excluding carboxylic acids is 3. The van der Waals surface area contributed by atoms with Gasteiger partial charge in [-0.2, -0.15) is 0 Å². The van der Waals surface area contributed by atoms with E-state index >= 15 is 0 Å². The molecule has 0 amide bonds. The highest BCUT2D eigenvalue weighted by Gasteiger charge is 2.19.